The number of rotatable bonds is 4. The summed E-state index contributed by atoms with van der Waals surface area (Å²) in [7, 11) is 2.63. The van der Waals surface area contributed by atoms with Gasteiger partial charge in [-0.1, -0.05) is 6.07 Å². The molecule has 0 amide bonds. The van der Waals surface area contributed by atoms with Gasteiger partial charge < -0.3 is 9.47 Å². The minimum atomic E-state index is -0.428. The lowest BCUT2D eigenvalue weighted by molar-refractivity contribution is -0.142. The minimum Gasteiger partial charge on any atom is -0.468 e. The molecule has 0 fully saturated rings. The van der Waals surface area contributed by atoms with Gasteiger partial charge in [-0.2, -0.15) is 0 Å². The van der Waals surface area contributed by atoms with E-state index in [9.17, 15) is 19.2 Å². The summed E-state index contributed by atoms with van der Waals surface area (Å²) in [4.78, 5) is 46.4. The summed E-state index contributed by atoms with van der Waals surface area (Å²) in [6.07, 6.45) is 0. The van der Waals surface area contributed by atoms with Crippen LogP contribution in [0.3, 0.4) is 0 Å². The lowest BCUT2D eigenvalue weighted by Crippen LogP contribution is -2.24. The normalized spacial score (nSPS) is 10.6. The summed E-state index contributed by atoms with van der Waals surface area (Å²) in [6.45, 7) is 7.90. The molecule has 0 bridgehead atoms. The van der Waals surface area contributed by atoms with E-state index in [1.54, 1.807) is 12.1 Å². The van der Waals surface area contributed by atoms with Crippen molar-refractivity contribution in [3.63, 3.8) is 0 Å². The molecule has 2 aromatic carbocycles. The average molecular weight is 491 g/mol. The van der Waals surface area contributed by atoms with Crippen molar-refractivity contribution in [3.8, 4) is 0 Å². The molecule has 8 nitrogen and oxygen atoms in total. The maximum absolute atomic E-state index is 11.8. The fourth-order valence-electron chi connectivity index (χ4n) is 3.91. The minimum absolute atomic E-state index is 0.0603. The van der Waals surface area contributed by atoms with Crippen molar-refractivity contribution in [2.24, 2.45) is 0 Å². The summed E-state index contributed by atoms with van der Waals surface area (Å²) < 4.78 is 12.1. The molecule has 4 aromatic rings. The van der Waals surface area contributed by atoms with E-state index >= 15 is 0 Å². The lowest BCUT2D eigenvalue weighted by atomic mass is 10.0. The third-order valence-corrected chi connectivity index (χ3v) is 6.35. The molecule has 8 heteroatoms. The lowest BCUT2D eigenvalue weighted by Gasteiger charge is -2.11. The summed E-state index contributed by atoms with van der Waals surface area (Å²) >= 11 is 0. The van der Waals surface area contributed by atoms with Crippen LogP contribution in [0.1, 0.15) is 22.3 Å². The number of esters is 2. The number of pyridine rings is 2. The van der Waals surface area contributed by atoms with Gasteiger partial charge >= 0.3 is 11.9 Å². The first-order valence-corrected chi connectivity index (χ1v) is 11.4. The van der Waals surface area contributed by atoms with Gasteiger partial charge in [0.15, 0.2) is 0 Å². The number of ether oxygens (including phenoxy) is 2. The zero-order valence-corrected chi connectivity index (χ0v) is 21.4. The summed E-state index contributed by atoms with van der Waals surface area (Å²) in [5.74, 6) is -0.856. The van der Waals surface area contributed by atoms with E-state index in [2.05, 4.69) is 9.47 Å². The topological polar surface area (TPSA) is 96.6 Å². The number of aryl methyl sites for hydroxylation is 4. The van der Waals surface area contributed by atoms with Crippen LogP contribution in [-0.4, -0.2) is 35.3 Å². The van der Waals surface area contributed by atoms with Crippen molar-refractivity contribution in [2.45, 2.75) is 40.8 Å². The molecule has 36 heavy (non-hydrogen) atoms. The van der Waals surface area contributed by atoms with Gasteiger partial charge in [-0.25, -0.2) is 0 Å². The van der Waals surface area contributed by atoms with Crippen LogP contribution >= 0.6 is 0 Å². The predicted molar refractivity (Wildman–Crippen MR) is 139 cm³/mol. The van der Waals surface area contributed by atoms with Gasteiger partial charge in [0, 0.05) is 17.5 Å². The second-order valence-electron chi connectivity index (χ2n) is 8.60. The van der Waals surface area contributed by atoms with Crippen molar-refractivity contribution in [1.29, 1.82) is 0 Å². The number of fused-ring (bicyclic) bond motifs is 2. The molecule has 188 valence electrons. The van der Waals surface area contributed by atoms with Gasteiger partial charge in [0.1, 0.15) is 13.1 Å². The Hall–Kier alpha value is -4.20. The third-order valence-electron chi connectivity index (χ3n) is 6.35. The molecular formula is C28H30N2O6. The number of hydrogen-bond donors (Lipinski definition) is 0. The van der Waals surface area contributed by atoms with E-state index in [4.69, 9.17) is 0 Å². The molecule has 0 spiro atoms. The van der Waals surface area contributed by atoms with Gasteiger partial charge in [0.2, 0.25) is 0 Å². The predicted octanol–water partition coefficient (Wildman–Crippen LogP) is 3.58. The zero-order chi connectivity index (χ0) is 26.6. The highest BCUT2D eigenvalue weighted by molar-refractivity contribution is 5.85. The van der Waals surface area contributed by atoms with Crippen LogP contribution in [0, 0.1) is 27.7 Å². The standard InChI is InChI=1S/2C14H15NO3/c1-9-4-6-12-11(10(9)2)5-7-13(16)15(12)8-14(17)18-3;1-9-6-11-4-5-13(16)15(8-14(17)18-3)12(11)7-10(9)2/h2*4-7H,8H2,1-3H3. The van der Waals surface area contributed by atoms with Crippen LogP contribution in [0.2, 0.25) is 0 Å². The number of benzene rings is 2. The molecule has 0 aliphatic rings. The molecule has 2 heterocycles. The molecule has 0 aliphatic carbocycles. The highest BCUT2D eigenvalue weighted by Crippen LogP contribution is 2.20. The smallest absolute Gasteiger partial charge is 0.325 e. The number of methoxy groups -OCH3 is 2. The monoisotopic (exact) mass is 490 g/mol. The van der Waals surface area contributed by atoms with E-state index in [0.29, 0.717) is 0 Å². The number of nitrogens with zero attached hydrogens (tertiary/aromatic N) is 2. The summed E-state index contributed by atoms with van der Waals surface area (Å²) in [6, 6.07) is 14.3. The highest BCUT2D eigenvalue weighted by Gasteiger charge is 2.11. The largest absolute Gasteiger partial charge is 0.468 e. The quantitative estimate of drug-likeness (QED) is 0.406. The highest BCUT2D eigenvalue weighted by atomic mass is 16.5. The van der Waals surface area contributed by atoms with Crippen molar-refractivity contribution >= 4 is 33.7 Å². The van der Waals surface area contributed by atoms with E-state index < -0.39 is 11.9 Å². The van der Waals surface area contributed by atoms with Crippen LogP contribution in [0.25, 0.3) is 21.8 Å². The molecule has 0 saturated carbocycles. The van der Waals surface area contributed by atoms with Crippen LogP contribution in [0.5, 0.6) is 0 Å². The molecule has 2 aromatic heterocycles. The summed E-state index contributed by atoms with van der Waals surface area (Å²) in [5, 5.41) is 1.93. The number of hydrogen-bond acceptors (Lipinski definition) is 6. The second kappa shape index (κ2) is 11.0. The van der Waals surface area contributed by atoms with Gasteiger partial charge in [-0.05, 0) is 85.7 Å². The van der Waals surface area contributed by atoms with Crippen LogP contribution in [-0.2, 0) is 32.2 Å². The third kappa shape index (κ3) is 5.54. The van der Waals surface area contributed by atoms with E-state index in [1.165, 1.54) is 35.5 Å². The number of aromatic nitrogens is 2. The number of carbonyl (C=O) groups is 2. The Labute approximate surface area is 208 Å². The maximum atomic E-state index is 11.8. The molecule has 0 radical (unpaired) electrons. The first-order valence-electron chi connectivity index (χ1n) is 11.4. The van der Waals surface area contributed by atoms with Gasteiger partial charge in [0.25, 0.3) is 11.1 Å². The first kappa shape index (κ1) is 26.4. The Bertz CT molecular complexity index is 1540. The average Bonchev–Trinajstić information content (AvgIpc) is 2.86. The second-order valence-corrected chi connectivity index (χ2v) is 8.60. The summed E-state index contributed by atoms with van der Waals surface area (Å²) in [5.41, 5.74) is 5.65. The van der Waals surface area contributed by atoms with Crippen molar-refractivity contribution in [1.82, 2.24) is 9.13 Å². The van der Waals surface area contributed by atoms with E-state index in [1.807, 2.05) is 52.0 Å². The van der Waals surface area contributed by atoms with E-state index in [0.717, 1.165) is 44.1 Å². The van der Waals surface area contributed by atoms with Crippen molar-refractivity contribution in [3.05, 3.63) is 91.5 Å². The van der Waals surface area contributed by atoms with Gasteiger partial charge in [-0.15, -0.1) is 0 Å². The Balaban J connectivity index is 0.000000201. The fourth-order valence-corrected chi connectivity index (χ4v) is 3.91. The number of carbonyl (C=O) groups excluding carboxylic acids is 2. The molecular weight excluding hydrogens is 460 g/mol. The molecule has 0 N–H and O–H groups in total. The Morgan fingerprint density at radius 2 is 1.19 bits per heavy atom. The Morgan fingerprint density at radius 3 is 1.78 bits per heavy atom. The maximum Gasteiger partial charge on any atom is 0.325 e. The molecule has 0 aliphatic heterocycles. The van der Waals surface area contributed by atoms with Crippen LogP contribution < -0.4 is 11.1 Å². The Morgan fingerprint density at radius 1 is 0.667 bits per heavy atom. The van der Waals surface area contributed by atoms with Crippen LogP contribution in [0.4, 0.5) is 0 Å². The molecule has 0 atom stereocenters. The van der Waals surface area contributed by atoms with Crippen LogP contribution in [0.15, 0.2) is 58.1 Å². The zero-order valence-electron chi connectivity index (χ0n) is 21.4. The van der Waals surface area contributed by atoms with E-state index in [-0.39, 0.29) is 24.2 Å². The SMILES string of the molecule is COC(=O)Cn1c(=O)ccc2c(C)c(C)ccc21.COC(=O)Cn1c(=O)ccc2cc(C)c(C)cc21. The fraction of sp³-hybridized carbons (Fsp3) is 0.286. The van der Waals surface area contributed by atoms with Gasteiger partial charge in [0.05, 0.1) is 25.3 Å². The first-order chi connectivity index (χ1) is 17.1. The van der Waals surface area contributed by atoms with Gasteiger partial charge in [-0.3, -0.25) is 28.3 Å². The van der Waals surface area contributed by atoms with Crippen molar-refractivity contribution < 1.29 is 19.1 Å². The Kier molecular flexibility index (Phi) is 8.09. The molecule has 0 saturated heterocycles. The van der Waals surface area contributed by atoms with Crippen molar-refractivity contribution in [2.75, 3.05) is 14.2 Å². The molecule has 0 unspecified atom stereocenters. The molecule has 4 rings (SSSR count).